The Kier molecular flexibility index (Phi) is 6.11. The zero-order valence-electron chi connectivity index (χ0n) is 10.4. The number of esters is 1. The van der Waals surface area contributed by atoms with Gasteiger partial charge in [0.05, 0.1) is 12.1 Å². The van der Waals surface area contributed by atoms with E-state index < -0.39 is 17.9 Å². The van der Waals surface area contributed by atoms with E-state index in [2.05, 4.69) is 26.0 Å². The molecule has 0 aromatic heterocycles. The number of ether oxygens (including phenoxy) is 2. The maximum absolute atomic E-state index is 11.5. The largest absolute Gasteiger partial charge is 0.482 e. The van der Waals surface area contributed by atoms with Crippen molar-refractivity contribution in [3.63, 3.8) is 0 Å². The summed E-state index contributed by atoms with van der Waals surface area (Å²) in [5.74, 6) is -0.558. The van der Waals surface area contributed by atoms with Crippen LogP contribution in [0.1, 0.15) is 6.92 Å². The highest BCUT2D eigenvalue weighted by atomic mass is 79.9. The smallest absolute Gasteiger partial charge is 0.328 e. The third-order valence-electron chi connectivity index (χ3n) is 2.18. The van der Waals surface area contributed by atoms with Crippen molar-refractivity contribution in [1.29, 1.82) is 0 Å². The minimum Gasteiger partial charge on any atom is -0.482 e. The molecule has 0 aliphatic carbocycles. The first-order valence-corrected chi connectivity index (χ1v) is 6.56. The highest BCUT2D eigenvalue weighted by Crippen LogP contribution is 2.27. The molecule has 0 spiro atoms. The Labute approximate surface area is 124 Å². The molecule has 1 aromatic carbocycles. The van der Waals surface area contributed by atoms with Crippen molar-refractivity contribution in [2.24, 2.45) is 0 Å². The summed E-state index contributed by atoms with van der Waals surface area (Å²) in [6, 6.07) is 4.33. The zero-order valence-corrected chi connectivity index (χ0v) is 12.7. The van der Waals surface area contributed by atoms with Crippen molar-refractivity contribution < 1.29 is 19.1 Å². The average Bonchev–Trinajstić information content (AvgIpc) is 2.36. The highest BCUT2D eigenvalue weighted by Gasteiger charge is 2.16. The van der Waals surface area contributed by atoms with Crippen LogP contribution in [0.15, 0.2) is 22.7 Å². The van der Waals surface area contributed by atoms with Crippen LogP contribution in [0.25, 0.3) is 0 Å². The van der Waals surface area contributed by atoms with E-state index in [4.69, 9.17) is 16.3 Å². The van der Waals surface area contributed by atoms with Crippen molar-refractivity contribution in [2.75, 3.05) is 13.7 Å². The van der Waals surface area contributed by atoms with Crippen molar-refractivity contribution in [2.45, 2.75) is 13.0 Å². The van der Waals surface area contributed by atoms with Crippen LogP contribution < -0.4 is 10.1 Å². The van der Waals surface area contributed by atoms with E-state index in [-0.39, 0.29) is 6.61 Å². The molecule has 0 saturated carbocycles. The first-order valence-electron chi connectivity index (χ1n) is 5.39. The van der Waals surface area contributed by atoms with Crippen LogP contribution in [0.2, 0.25) is 5.02 Å². The maximum atomic E-state index is 11.5. The number of hydrogen-bond donors (Lipinski definition) is 1. The molecule has 1 rings (SSSR count). The Balaban J connectivity index is 2.48. The molecule has 0 radical (unpaired) electrons. The summed E-state index contributed by atoms with van der Waals surface area (Å²) in [6.45, 7) is 1.29. The zero-order chi connectivity index (χ0) is 14.4. The Hall–Kier alpha value is -1.27. The van der Waals surface area contributed by atoms with Crippen molar-refractivity contribution >= 4 is 39.4 Å². The number of nitrogens with one attached hydrogen (secondary N) is 1. The molecule has 0 aliphatic rings. The second-order valence-corrected chi connectivity index (χ2v) is 5.00. The lowest BCUT2D eigenvalue weighted by atomic mass is 10.3. The van der Waals surface area contributed by atoms with Crippen molar-refractivity contribution in [1.82, 2.24) is 5.32 Å². The maximum Gasteiger partial charge on any atom is 0.328 e. The molecule has 0 bridgehead atoms. The summed E-state index contributed by atoms with van der Waals surface area (Å²) >= 11 is 9.19. The van der Waals surface area contributed by atoms with E-state index in [1.54, 1.807) is 18.2 Å². The summed E-state index contributed by atoms with van der Waals surface area (Å²) in [5.41, 5.74) is 0. The first kappa shape index (κ1) is 15.8. The van der Waals surface area contributed by atoms with Gasteiger partial charge in [0.1, 0.15) is 11.8 Å². The van der Waals surface area contributed by atoms with Gasteiger partial charge in [-0.1, -0.05) is 27.5 Å². The van der Waals surface area contributed by atoms with Gasteiger partial charge in [0.25, 0.3) is 5.91 Å². The Bertz CT molecular complexity index is 481. The van der Waals surface area contributed by atoms with Crippen LogP contribution in [0.3, 0.4) is 0 Å². The quantitative estimate of drug-likeness (QED) is 0.827. The Morgan fingerprint density at radius 2 is 2.16 bits per heavy atom. The van der Waals surface area contributed by atoms with Gasteiger partial charge in [-0.05, 0) is 25.1 Å². The molecule has 0 heterocycles. The number of methoxy groups -OCH3 is 1. The predicted octanol–water partition coefficient (Wildman–Crippen LogP) is 2.16. The second kappa shape index (κ2) is 7.35. The second-order valence-electron chi connectivity index (χ2n) is 3.68. The molecule has 1 amide bonds. The van der Waals surface area contributed by atoms with Gasteiger partial charge in [0.15, 0.2) is 6.61 Å². The average molecular weight is 351 g/mol. The molecule has 1 atom stereocenters. The lowest BCUT2D eigenvalue weighted by Gasteiger charge is -2.12. The fraction of sp³-hybridized carbons (Fsp3) is 0.333. The minimum absolute atomic E-state index is 0.233. The Morgan fingerprint density at radius 1 is 1.47 bits per heavy atom. The lowest BCUT2D eigenvalue weighted by Crippen LogP contribution is -2.41. The normalized spacial score (nSPS) is 11.6. The van der Waals surface area contributed by atoms with Gasteiger partial charge in [-0.3, -0.25) is 4.79 Å². The molecule has 5 nitrogen and oxygen atoms in total. The molecule has 19 heavy (non-hydrogen) atoms. The summed E-state index contributed by atoms with van der Waals surface area (Å²) in [4.78, 5) is 22.6. The van der Waals surface area contributed by atoms with Gasteiger partial charge in [0.2, 0.25) is 0 Å². The Morgan fingerprint density at radius 3 is 2.74 bits per heavy atom. The van der Waals surface area contributed by atoms with Crippen LogP contribution in [0.4, 0.5) is 0 Å². The molecule has 0 fully saturated rings. The van der Waals surface area contributed by atoms with Gasteiger partial charge in [-0.25, -0.2) is 4.79 Å². The summed E-state index contributed by atoms with van der Waals surface area (Å²) < 4.78 is 10.6. The molecular formula is C12H13BrClNO4. The van der Waals surface area contributed by atoms with Gasteiger partial charge >= 0.3 is 5.97 Å². The third kappa shape index (κ3) is 5.08. The number of carbonyl (C=O) groups excluding carboxylic acids is 2. The van der Waals surface area contributed by atoms with Gasteiger partial charge < -0.3 is 14.8 Å². The van der Waals surface area contributed by atoms with Gasteiger partial charge in [0, 0.05) is 4.47 Å². The molecule has 1 aromatic rings. The van der Waals surface area contributed by atoms with E-state index >= 15 is 0 Å². The summed E-state index contributed by atoms with van der Waals surface area (Å²) in [7, 11) is 1.25. The molecule has 104 valence electrons. The number of benzene rings is 1. The number of halogens is 2. The number of hydrogen-bond acceptors (Lipinski definition) is 4. The van der Waals surface area contributed by atoms with Crippen LogP contribution in [-0.2, 0) is 14.3 Å². The molecule has 1 N–H and O–H groups in total. The molecular weight excluding hydrogens is 337 g/mol. The topological polar surface area (TPSA) is 64.6 Å². The molecule has 0 unspecified atom stereocenters. The fourth-order valence-electron chi connectivity index (χ4n) is 1.25. The van der Waals surface area contributed by atoms with Crippen LogP contribution in [-0.4, -0.2) is 31.6 Å². The standard InChI is InChI=1S/C12H13BrClNO4/c1-7(12(17)18-2)15-11(16)6-19-10-4-3-8(13)5-9(10)14/h3-5,7H,6H2,1-2H3,(H,15,16)/t7-/m0/s1. The SMILES string of the molecule is COC(=O)[C@H](C)NC(=O)COc1ccc(Br)cc1Cl. The van der Waals surface area contributed by atoms with E-state index in [0.717, 1.165) is 4.47 Å². The number of rotatable bonds is 5. The fourth-order valence-corrected chi connectivity index (χ4v) is 1.98. The highest BCUT2D eigenvalue weighted by molar-refractivity contribution is 9.10. The summed E-state index contributed by atoms with van der Waals surface area (Å²) in [6.07, 6.45) is 0. The lowest BCUT2D eigenvalue weighted by molar-refractivity contribution is -0.144. The van der Waals surface area contributed by atoms with E-state index in [1.165, 1.54) is 14.0 Å². The predicted molar refractivity (Wildman–Crippen MR) is 74.3 cm³/mol. The molecule has 0 aliphatic heterocycles. The first-order chi connectivity index (χ1) is 8.93. The third-order valence-corrected chi connectivity index (χ3v) is 2.97. The van der Waals surface area contributed by atoms with Crippen LogP contribution >= 0.6 is 27.5 Å². The van der Waals surface area contributed by atoms with Crippen molar-refractivity contribution in [3.8, 4) is 5.75 Å². The van der Waals surface area contributed by atoms with Gasteiger partial charge in [-0.2, -0.15) is 0 Å². The number of amides is 1. The summed E-state index contributed by atoms with van der Waals surface area (Å²) in [5, 5.41) is 2.83. The minimum atomic E-state index is -0.721. The van der Waals surface area contributed by atoms with E-state index in [9.17, 15) is 9.59 Å². The van der Waals surface area contributed by atoms with Crippen LogP contribution in [0, 0.1) is 0 Å². The van der Waals surface area contributed by atoms with Crippen molar-refractivity contribution in [3.05, 3.63) is 27.7 Å². The van der Waals surface area contributed by atoms with Gasteiger partial charge in [-0.15, -0.1) is 0 Å². The van der Waals surface area contributed by atoms with Crippen LogP contribution in [0.5, 0.6) is 5.75 Å². The monoisotopic (exact) mass is 349 g/mol. The van der Waals surface area contributed by atoms with E-state index in [1.807, 2.05) is 0 Å². The number of carbonyl (C=O) groups is 2. The molecule has 0 saturated heterocycles. The van der Waals surface area contributed by atoms with E-state index in [0.29, 0.717) is 10.8 Å². The molecule has 7 heteroatoms.